The first-order valence-electron chi connectivity index (χ1n) is 19.0. The number of thioether (sulfide) groups is 1. The highest BCUT2D eigenvalue weighted by Gasteiger charge is 2.72. The highest BCUT2D eigenvalue weighted by Crippen LogP contribution is 2.59. The Bertz CT molecular complexity index is 1730. The van der Waals surface area contributed by atoms with Gasteiger partial charge in [0.1, 0.15) is 36.1 Å². The molecule has 0 aromatic heterocycles. The van der Waals surface area contributed by atoms with Crippen molar-refractivity contribution in [2.75, 3.05) is 44.9 Å². The second kappa shape index (κ2) is 16.1. The van der Waals surface area contributed by atoms with Gasteiger partial charge in [-0.3, -0.25) is 19.8 Å². The van der Waals surface area contributed by atoms with E-state index in [1.54, 1.807) is 7.11 Å². The number of alkyl carbamates (subject to hydrolysis) is 1. The maximum atomic E-state index is 13.2. The van der Waals surface area contributed by atoms with Crippen molar-refractivity contribution in [3.05, 3.63) is 71.3 Å². The van der Waals surface area contributed by atoms with Crippen LogP contribution in [0.5, 0.6) is 0 Å². The molecule has 1 spiro atoms. The van der Waals surface area contributed by atoms with Crippen LogP contribution in [0, 0.1) is 5.92 Å². The highest BCUT2D eigenvalue weighted by molar-refractivity contribution is 7.99. The van der Waals surface area contributed by atoms with Gasteiger partial charge in [0.25, 0.3) is 0 Å². The van der Waals surface area contributed by atoms with Crippen LogP contribution < -0.4 is 10.6 Å². The van der Waals surface area contributed by atoms with Crippen LogP contribution >= 0.6 is 11.8 Å². The molecule has 2 aliphatic carbocycles. The predicted molar refractivity (Wildman–Crippen MR) is 203 cm³/mol. The molecule has 13 heteroatoms. The van der Waals surface area contributed by atoms with E-state index in [2.05, 4.69) is 61.7 Å². The number of nitrogens with one attached hydrogen (secondary N) is 2. The zero-order valence-electron chi connectivity index (χ0n) is 31.5. The molecule has 0 radical (unpaired) electrons. The summed E-state index contributed by atoms with van der Waals surface area (Å²) in [5.74, 6) is -0.465. The molecule has 1 saturated carbocycles. The van der Waals surface area contributed by atoms with Crippen LogP contribution in [0.3, 0.4) is 0 Å². The summed E-state index contributed by atoms with van der Waals surface area (Å²) in [5, 5.41) is 5.22. The second-order valence-corrected chi connectivity index (χ2v) is 16.5. The van der Waals surface area contributed by atoms with E-state index in [4.69, 9.17) is 23.7 Å². The summed E-state index contributed by atoms with van der Waals surface area (Å²) in [6.07, 6.45) is 3.21. The van der Waals surface area contributed by atoms with E-state index in [0.717, 1.165) is 28.7 Å². The minimum atomic E-state index is -0.815. The fourth-order valence-corrected chi connectivity index (χ4v) is 9.50. The molecule has 54 heavy (non-hydrogen) atoms. The fraction of sp³-hybridized carbons (Fsp3) is 0.561. The number of allylic oxidation sites excluding steroid dienone is 1. The molecule has 7 rings (SSSR count). The van der Waals surface area contributed by atoms with Gasteiger partial charge in [-0.05, 0) is 75.1 Å². The summed E-state index contributed by atoms with van der Waals surface area (Å²) in [6, 6.07) is 15.7. The average Bonchev–Trinajstić information content (AvgIpc) is 3.95. The van der Waals surface area contributed by atoms with Crippen LogP contribution in [0.15, 0.2) is 60.2 Å². The number of fused-ring (bicyclic) bond motifs is 3. The third-order valence-electron chi connectivity index (χ3n) is 11.6. The molecular weight excluding hydrogens is 711 g/mol. The monoisotopic (exact) mass is 761 g/mol. The summed E-state index contributed by atoms with van der Waals surface area (Å²) in [5.41, 5.74) is 5.00. The normalized spacial score (nSPS) is 29.2. The van der Waals surface area contributed by atoms with Gasteiger partial charge in [0.05, 0.1) is 24.4 Å². The Hall–Kier alpha value is -3.91. The number of epoxide rings is 2. The lowest BCUT2D eigenvalue weighted by Gasteiger charge is -2.42. The Morgan fingerprint density at radius 2 is 1.74 bits per heavy atom. The standard InChI is InChI=1S/C41H51N3O9S/c1-25(2)15-16-33-40(3,53-33)36-35(49-4)32(17-18-41(36)24-51-41)52-38(47)43-34(45)23-54-21-19-42-37(46)31-14-9-20-44(31)39(48)50-22-30-28-12-7-5-10-26(28)27-11-6-8-13-29(27)30/h5-8,10-13,15,30-33,35-36H,9,14,16-24H2,1-4H3,(H,42,46)(H,43,45,47)/t31?,32-,33-,35-,36-,40?,41+/m1/s1. The first-order valence-corrected chi connectivity index (χ1v) is 20.2. The van der Waals surface area contributed by atoms with Gasteiger partial charge >= 0.3 is 12.2 Å². The number of carbonyl (C=O) groups excluding carboxylic acids is 4. The van der Waals surface area contributed by atoms with Gasteiger partial charge in [-0.15, -0.1) is 0 Å². The van der Waals surface area contributed by atoms with E-state index in [-0.39, 0.29) is 41.8 Å². The SMILES string of the molecule is CO[C@H]1[C@H](C2(C)O[C@@H]2CC=C(C)C)[C@]2(CC[C@H]1OC(=O)NC(=O)CSCCNC(=O)C1CCCN1C(=O)OCC1c3ccccc3-c3ccccc31)CO2. The third-order valence-corrected chi connectivity index (χ3v) is 12.6. The van der Waals surface area contributed by atoms with Gasteiger partial charge in [0, 0.05) is 31.9 Å². The maximum Gasteiger partial charge on any atom is 0.414 e. The lowest BCUT2D eigenvalue weighted by molar-refractivity contribution is -0.125. The second-order valence-electron chi connectivity index (χ2n) is 15.4. The van der Waals surface area contributed by atoms with Crippen LogP contribution in [-0.4, -0.2) is 109 Å². The minimum Gasteiger partial charge on any atom is -0.448 e. The van der Waals surface area contributed by atoms with Crippen molar-refractivity contribution in [3.8, 4) is 11.1 Å². The summed E-state index contributed by atoms with van der Waals surface area (Å²) < 4.78 is 29.7. The van der Waals surface area contributed by atoms with Crippen molar-refractivity contribution in [3.63, 3.8) is 0 Å². The molecule has 2 aromatic rings. The number of methoxy groups -OCH3 is 1. The summed E-state index contributed by atoms with van der Waals surface area (Å²) in [4.78, 5) is 53.3. The predicted octanol–water partition coefficient (Wildman–Crippen LogP) is 5.58. The van der Waals surface area contributed by atoms with E-state index in [0.29, 0.717) is 51.1 Å². The number of carbonyl (C=O) groups is 4. The third kappa shape index (κ3) is 7.91. The number of ether oxygens (including phenoxy) is 5. The van der Waals surface area contributed by atoms with Crippen molar-refractivity contribution in [1.82, 2.24) is 15.5 Å². The molecule has 290 valence electrons. The Morgan fingerprint density at radius 1 is 1.04 bits per heavy atom. The van der Waals surface area contributed by atoms with Crippen molar-refractivity contribution >= 4 is 35.8 Å². The van der Waals surface area contributed by atoms with E-state index in [1.165, 1.54) is 22.2 Å². The van der Waals surface area contributed by atoms with Gasteiger partial charge in [0.2, 0.25) is 11.8 Å². The van der Waals surface area contributed by atoms with E-state index >= 15 is 0 Å². The van der Waals surface area contributed by atoms with Crippen LogP contribution in [0.2, 0.25) is 0 Å². The smallest absolute Gasteiger partial charge is 0.414 e. The summed E-state index contributed by atoms with van der Waals surface area (Å²) in [6.45, 7) is 7.77. The fourth-order valence-electron chi connectivity index (χ4n) is 8.85. The molecule has 7 atom stereocenters. The lowest BCUT2D eigenvalue weighted by Crippen LogP contribution is -2.56. The van der Waals surface area contributed by atoms with Gasteiger partial charge in [-0.2, -0.15) is 11.8 Å². The zero-order valence-corrected chi connectivity index (χ0v) is 32.3. The van der Waals surface area contributed by atoms with Gasteiger partial charge < -0.3 is 29.0 Å². The molecule has 0 bridgehead atoms. The molecule has 2 unspecified atom stereocenters. The average molecular weight is 762 g/mol. The van der Waals surface area contributed by atoms with Gasteiger partial charge in [0.15, 0.2) is 0 Å². The molecule has 12 nitrogen and oxygen atoms in total. The molecule has 2 aromatic carbocycles. The first kappa shape index (κ1) is 38.4. The molecular formula is C41H51N3O9S. The van der Waals surface area contributed by atoms with Crippen LogP contribution in [0.25, 0.3) is 11.1 Å². The lowest BCUT2D eigenvalue weighted by atomic mass is 9.68. The molecule has 3 heterocycles. The Balaban J connectivity index is 0.819. The molecule has 3 aliphatic heterocycles. The molecule has 4 amide bonds. The zero-order chi connectivity index (χ0) is 38.0. The quantitative estimate of drug-likeness (QED) is 0.151. The molecule has 2 N–H and O–H groups in total. The van der Waals surface area contributed by atoms with E-state index in [9.17, 15) is 19.2 Å². The number of benzene rings is 2. The topological polar surface area (TPSA) is 148 Å². The van der Waals surface area contributed by atoms with Gasteiger partial charge in [-0.1, -0.05) is 60.2 Å². The number of hydrogen-bond acceptors (Lipinski definition) is 10. The number of likely N-dealkylation sites (tertiary alicyclic amines) is 1. The van der Waals surface area contributed by atoms with Crippen LogP contribution in [0.1, 0.15) is 69.9 Å². The number of nitrogens with zero attached hydrogens (tertiary/aromatic N) is 1. The minimum absolute atomic E-state index is 0.0101. The number of rotatable bonds is 13. The Labute approximate surface area is 321 Å². The molecule has 4 fully saturated rings. The van der Waals surface area contributed by atoms with Crippen molar-refractivity contribution in [1.29, 1.82) is 0 Å². The van der Waals surface area contributed by atoms with Crippen LogP contribution in [-0.2, 0) is 33.3 Å². The van der Waals surface area contributed by atoms with Gasteiger partial charge in [-0.25, -0.2) is 9.59 Å². The summed E-state index contributed by atoms with van der Waals surface area (Å²) in [7, 11) is 1.61. The van der Waals surface area contributed by atoms with Crippen molar-refractivity contribution < 1.29 is 42.9 Å². The van der Waals surface area contributed by atoms with E-state index < -0.39 is 41.9 Å². The highest BCUT2D eigenvalue weighted by atomic mass is 32.2. The Morgan fingerprint density at radius 3 is 2.41 bits per heavy atom. The van der Waals surface area contributed by atoms with Crippen molar-refractivity contribution in [2.24, 2.45) is 5.92 Å². The molecule has 3 saturated heterocycles. The first-order chi connectivity index (χ1) is 26.0. The summed E-state index contributed by atoms with van der Waals surface area (Å²) >= 11 is 1.28. The number of hydrogen-bond donors (Lipinski definition) is 2. The Kier molecular flexibility index (Phi) is 11.4. The maximum absolute atomic E-state index is 13.2. The number of amides is 4. The van der Waals surface area contributed by atoms with Crippen molar-refractivity contribution in [2.45, 2.75) is 94.3 Å². The largest absolute Gasteiger partial charge is 0.448 e. The number of imide groups is 1. The van der Waals surface area contributed by atoms with E-state index in [1.807, 2.05) is 24.3 Å². The molecule has 5 aliphatic rings. The van der Waals surface area contributed by atoms with Crippen LogP contribution in [0.4, 0.5) is 9.59 Å².